The van der Waals surface area contributed by atoms with E-state index in [1.807, 2.05) is 0 Å². The van der Waals surface area contributed by atoms with Crippen molar-refractivity contribution in [3.05, 3.63) is 56.8 Å². The Balaban J connectivity index is 3.31. The summed E-state index contributed by atoms with van der Waals surface area (Å²) in [6, 6.07) is 0.754. The van der Waals surface area contributed by atoms with Crippen LogP contribution in [0.25, 0.3) is 0 Å². The smallest absolute Gasteiger partial charge is 0.336 e. The van der Waals surface area contributed by atoms with E-state index in [2.05, 4.69) is 13.2 Å². The summed E-state index contributed by atoms with van der Waals surface area (Å²) in [5, 5.41) is 0. The minimum absolute atomic E-state index is 0.0644. The number of aromatic nitrogens is 3. The quantitative estimate of drug-likeness (QED) is 0.354. The van der Waals surface area contributed by atoms with Crippen LogP contribution in [0, 0.1) is 0 Å². The molecule has 1 rings (SSSR count). The van der Waals surface area contributed by atoms with Crippen molar-refractivity contribution in [1.29, 1.82) is 0 Å². The first-order valence-corrected chi connectivity index (χ1v) is 7.62. The Hall–Kier alpha value is -1.93. The molecular weight excluding hydrogens is 290 g/mol. The van der Waals surface area contributed by atoms with Crippen LogP contribution in [-0.4, -0.2) is 30.6 Å². The van der Waals surface area contributed by atoms with E-state index in [-0.39, 0.29) is 19.6 Å². The zero-order valence-corrected chi connectivity index (χ0v) is 13.1. The van der Waals surface area contributed by atoms with Gasteiger partial charge in [0.15, 0.2) is 0 Å². The average Bonchev–Trinajstić information content (AvgIpc) is 2.47. The van der Waals surface area contributed by atoms with Gasteiger partial charge in [0, 0.05) is 13.7 Å². The molecule has 0 aromatic carbocycles. The first kappa shape index (κ1) is 17.1. The Morgan fingerprint density at radius 2 is 1.48 bits per heavy atom. The lowest BCUT2D eigenvalue weighted by Gasteiger charge is -2.11. The van der Waals surface area contributed by atoms with E-state index in [9.17, 15) is 14.4 Å². The van der Waals surface area contributed by atoms with E-state index >= 15 is 0 Å². The van der Waals surface area contributed by atoms with Gasteiger partial charge in [0.25, 0.3) is 0 Å². The normalized spacial score (nSPS) is 10.5. The molecule has 0 aliphatic heterocycles. The molecule has 0 fully saturated rings. The van der Waals surface area contributed by atoms with E-state index in [0.29, 0.717) is 16.2 Å². The zero-order valence-electron chi connectivity index (χ0n) is 12.1. The van der Waals surface area contributed by atoms with Crippen molar-refractivity contribution in [2.45, 2.75) is 32.1 Å². The molecule has 0 amide bonds. The van der Waals surface area contributed by atoms with Crippen molar-refractivity contribution in [3.63, 3.8) is 0 Å². The van der Waals surface area contributed by atoms with Gasteiger partial charge in [-0.2, -0.15) is 0 Å². The molecule has 7 nitrogen and oxygen atoms in total. The van der Waals surface area contributed by atoms with E-state index < -0.39 is 17.1 Å². The first-order valence-electron chi connectivity index (χ1n) is 6.50. The molecule has 0 aliphatic carbocycles. The summed E-state index contributed by atoms with van der Waals surface area (Å²) >= 11 is 0. The predicted octanol–water partition coefficient (Wildman–Crippen LogP) is -0.382. The van der Waals surface area contributed by atoms with E-state index in [1.54, 1.807) is 7.11 Å². The van der Waals surface area contributed by atoms with Crippen molar-refractivity contribution >= 4 is 9.76 Å². The Bertz CT molecular complexity index is 623. The lowest BCUT2D eigenvalue weighted by atomic mass is 10.4. The van der Waals surface area contributed by atoms with Crippen LogP contribution < -0.4 is 17.1 Å². The molecule has 0 aliphatic rings. The third kappa shape index (κ3) is 4.02. The monoisotopic (exact) mass is 309 g/mol. The van der Waals surface area contributed by atoms with Gasteiger partial charge in [-0.25, -0.2) is 28.1 Å². The second-order valence-electron chi connectivity index (χ2n) is 4.25. The molecule has 1 aromatic heterocycles. The van der Waals surface area contributed by atoms with Crippen LogP contribution in [-0.2, 0) is 24.1 Å². The third-order valence-corrected chi connectivity index (χ3v) is 3.66. The summed E-state index contributed by atoms with van der Waals surface area (Å²) in [7, 11) is 1.93. The molecule has 0 N–H and O–H groups in total. The van der Waals surface area contributed by atoms with Gasteiger partial charge in [-0.3, -0.25) is 0 Å². The molecule has 0 unspecified atom stereocenters. The van der Waals surface area contributed by atoms with Crippen LogP contribution >= 0.6 is 0 Å². The molecule has 21 heavy (non-hydrogen) atoms. The molecule has 1 heterocycles. The molecule has 0 saturated heterocycles. The summed E-state index contributed by atoms with van der Waals surface area (Å²) in [5.74, 6) is 0. The highest BCUT2D eigenvalue weighted by Gasteiger charge is 2.13. The Kier molecular flexibility index (Phi) is 6.83. The Labute approximate surface area is 124 Å². The van der Waals surface area contributed by atoms with Crippen LogP contribution in [0.1, 0.15) is 6.42 Å². The van der Waals surface area contributed by atoms with Crippen LogP contribution in [0.4, 0.5) is 0 Å². The number of hydrogen-bond acceptors (Lipinski definition) is 4. The molecular formula is C13H19N3O4Si. The fourth-order valence-corrected chi connectivity index (χ4v) is 2.36. The molecule has 2 radical (unpaired) electrons. The lowest BCUT2D eigenvalue weighted by molar-refractivity contribution is 0.433. The summed E-state index contributed by atoms with van der Waals surface area (Å²) in [6.45, 7) is 7.42. The highest BCUT2D eigenvalue weighted by Crippen LogP contribution is 1.91. The second kappa shape index (κ2) is 8.38. The summed E-state index contributed by atoms with van der Waals surface area (Å²) in [4.78, 5) is 36.6. The fraction of sp³-hybridized carbons (Fsp3) is 0.462. The summed E-state index contributed by atoms with van der Waals surface area (Å²) < 4.78 is 8.03. The topological polar surface area (TPSA) is 75.2 Å². The third-order valence-electron chi connectivity index (χ3n) is 2.81. The van der Waals surface area contributed by atoms with Gasteiger partial charge < -0.3 is 4.43 Å². The average molecular weight is 309 g/mol. The first-order chi connectivity index (χ1) is 10.1. The van der Waals surface area contributed by atoms with Gasteiger partial charge in [0.2, 0.25) is 9.76 Å². The minimum atomic E-state index is -0.639. The van der Waals surface area contributed by atoms with E-state index in [1.165, 1.54) is 12.2 Å². The second-order valence-corrected chi connectivity index (χ2v) is 5.45. The standard InChI is InChI=1S/C13H19N3O4Si/c1-4-7-14-11(17)15(8-5-2)13(19)16(12(14)18)9-6-10-21-20-3/h4-5H,1-2,6-10H2,3H3. The van der Waals surface area contributed by atoms with E-state index in [0.717, 1.165) is 19.7 Å². The maximum Gasteiger partial charge on any atom is 0.336 e. The fourth-order valence-electron chi connectivity index (χ4n) is 1.86. The number of hydrogen-bond donors (Lipinski definition) is 0. The van der Waals surface area contributed by atoms with Crippen molar-refractivity contribution < 1.29 is 4.43 Å². The maximum absolute atomic E-state index is 12.2. The van der Waals surface area contributed by atoms with Crippen LogP contribution in [0.3, 0.4) is 0 Å². The van der Waals surface area contributed by atoms with Crippen molar-refractivity contribution in [2.24, 2.45) is 0 Å². The summed E-state index contributed by atoms with van der Waals surface area (Å²) in [6.07, 6.45) is 3.52. The highest BCUT2D eigenvalue weighted by atomic mass is 28.2. The molecule has 0 saturated carbocycles. The van der Waals surface area contributed by atoms with Gasteiger partial charge in [0.1, 0.15) is 0 Å². The zero-order chi connectivity index (χ0) is 15.8. The van der Waals surface area contributed by atoms with Gasteiger partial charge in [0.05, 0.1) is 13.1 Å². The van der Waals surface area contributed by atoms with Crippen molar-refractivity contribution in [3.8, 4) is 0 Å². The van der Waals surface area contributed by atoms with Crippen molar-refractivity contribution in [2.75, 3.05) is 7.11 Å². The van der Waals surface area contributed by atoms with Crippen LogP contribution in [0.2, 0.25) is 6.04 Å². The van der Waals surface area contributed by atoms with Crippen LogP contribution in [0.15, 0.2) is 39.7 Å². The minimum Gasteiger partial charge on any atom is -0.421 e. The van der Waals surface area contributed by atoms with E-state index in [4.69, 9.17) is 4.43 Å². The van der Waals surface area contributed by atoms with Crippen molar-refractivity contribution in [1.82, 2.24) is 13.7 Å². The largest absolute Gasteiger partial charge is 0.421 e. The number of rotatable bonds is 9. The molecule has 0 spiro atoms. The predicted molar refractivity (Wildman–Crippen MR) is 81.8 cm³/mol. The Morgan fingerprint density at radius 1 is 1.00 bits per heavy atom. The SMILES string of the molecule is C=CCn1c(=O)n(CC=C)c(=O)n(CCC[Si]OC)c1=O. The maximum atomic E-state index is 12.2. The molecule has 114 valence electrons. The number of nitrogens with zero attached hydrogens (tertiary/aromatic N) is 3. The van der Waals surface area contributed by atoms with Crippen LogP contribution in [0.5, 0.6) is 0 Å². The molecule has 8 heteroatoms. The van der Waals surface area contributed by atoms with Gasteiger partial charge in [-0.05, 0) is 12.5 Å². The lowest BCUT2D eigenvalue weighted by Crippen LogP contribution is -2.54. The van der Waals surface area contributed by atoms with Gasteiger partial charge in [-0.15, -0.1) is 13.2 Å². The summed E-state index contributed by atoms with van der Waals surface area (Å²) in [5.41, 5.74) is -1.85. The Morgan fingerprint density at radius 3 is 1.90 bits per heavy atom. The highest BCUT2D eigenvalue weighted by molar-refractivity contribution is 6.26. The molecule has 1 aromatic rings. The number of allylic oxidation sites excluding steroid dienone is 2. The van der Waals surface area contributed by atoms with Gasteiger partial charge in [-0.1, -0.05) is 12.2 Å². The molecule has 0 bridgehead atoms. The van der Waals surface area contributed by atoms with Gasteiger partial charge >= 0.3 is 17.1 Å². The molecule has 0 atom stereocenters.